The van der Waals surface area contributed by atoms with Crippen molar-refractivity contribution in [3.05, 3.63) is 17.9 Å². The molecule has 1 heterocycles. The normalized spacial score (nSPS) is 19.7. The number of methoxy groups -OCH3 is 1. The second-order valence-electron chi connectivity index (χ2n) is 5.20. The SMILES string of the molecule is COc1cc(N(C)CC2CCCN2C)c(F)cc1N. The third kappa shape index (κ3) is 2.92. The Hall–Kier alpha value is -1.49. The fourth-order valence-electron chi connectivity index (χ4n) is 2.65. The van der Waals surface area contributed by atoms with Crippen molar-refractivity contribution in [1.29, 1.82) is 0 Å². The molecule has 2 N–H and O–H groups in total. The summed E-state index contributed by atoms with van der Waals surface area (Å²) in [7, 11) is 5.56. The summed E-state index contributed by atoms with van der Waals surface area (Å²) in [5, 5.41) is 0. The standard InChI is InChI=1S/C14H22FN3O/c1-17-6-4-5-10(17)9-18(2)13-8-14(19-3)12(16)7-11(13)15/h7-8,10H,4-6,9,16H2,1-3H3. The number of nitrogens with two attached hydrogens (primary N) is 1. The molecule has 0 aromatic heterocycles. The average Bonchev–Trinajstić information content (AvgIpc) is 2.75. The van der Waals surface area contributed by atoms with Crippen molar-refractivity contribution in [3.63, 3.8) is 0 Å². The van der Waals surface area contributed by atoms with Gasteiger partial charge in [-0.25, -0.2) is 4.39 Å². The predicted molar refractivity (Wildman–Crippen MR) is 76.3 cm³/mol. The van der Waals surface area contributed by atoms with Crippen LogP contribution in [0.3, 0.4) is 0 Å². The first-order valence-electron chi connectivity index (χ1n) is 6.57. The summed E-state index contributed by atoms with van der Waals surface area (Å²) in [5.74, 6) is 0.212. The van der Waals surface area contributed by atoms with Crippen molar-refractivity contribution >= 4 is 11.4 Å². The van der Waals surface area contributed by atoms with Gasteiger partial charge in [-0.3, -0.25) is 0 Å². The summed E-state index contributed by atoms with van der Waals surface area (Å²) in [6, 6.07) is 3.47. The van der Waals surface area contributed by atoms with Gasteiger partial charge in [0.1, 0.15) is 11.6 Å². The molecule has 1 atom stereocenters. The lowest BCUT2D eigenvalue weighted by molar-refractivity contribution is 0.313. The maximum Gasteiger partial charge on any atom is 0.148 e. The van der Waals surface area contributed by atoms with E-state index in [-0.39, 0.29) is 5.82 Å². The van der Waals surface area contributed by atoms with Crippen LogP contribution in [0.1, 0.15) is 12.8 Å². The van der Waals surface area contributed by atoms with Gasteiger partial charge in [0.2, 0.25) is 0 Å². The second kappa shape index (κ2) is 5.65. The minimum atomic E-state index is -0.304. The van der Waals surface area contributed by atoms with Gasteiger partial charge in [0.25, 0.3) is 0 Å². The molecule has 0 spiro atoms. The van der Waals surface area contributed by atoms with Gasteiger partial charge >= 0.3 is 0 Å². The third-order valence-corrected chi connectivity index (χ3v) is 3.87. The second-order valence-corrected chi connectivity index (χ2v) is 5.20. The van der Waals surface area contributed by atoms with Gasteiger partial charge in [-0.05, 0) is 26.4 Å². The number of rotatable bonds is 4. The molecule has 0 radical (unpaired) electrons. The zero-order valence-corrected chi connectivity index (χ0v) is 11.8. The molecule has 0 aliphatic carbocycles. The number of hydrogen-bond donors (Lipinski definition) is 1. The number of nitrogen functional groups attached to an aromatic ring is 1. The lowest BCUT2D eigenvalue weighted by Crippen LogP contribution is -2.37. The van der Waals surface area contributed by atoms with Gasteiger partial charge in [-0.1, -0.05) is 0 Å². The number of halogens is 1. The van der Waals surface area contributed by atoms with Crippen molar-refractivity contribution < 1.29 is 9.13 Å². The Kier molecular flexibility index (Phi) is 4.14. The number of benzene rings is 1. The summed E-state index contributed by atoms with van der Waals surface area (Å²) in [4.78, 5) is 4.26. The number of nitrogens with zero attached hydrogens (tertiary/aromatic N) is 2. The van der Waals surface area contributed by atoms with Crippen LogP contribution in [0.25, 0.3) is 0 Å². The van der Waals surface area contributed by atoms with E-state index in [0.29, 0.717) is 23.2 Å². The highest BCUT2D eigenvalue weighted by molar-refractivity contribution is 5.63. The van der Waals surface area contributed by atoms with Crippen molar-refractivity contribution in [2.24, 2.45) is 0 Å². The first-order valence-corrected chi connectivity index (χ1v) is 6.57. The third-order valence-electron chi connectivity index (χ3n) is 3.87. The Bertz CT molecular complexity index is 453. The molecule has 1 aromatic rings. The number of likely N-dealkylation sites (tertiary alicyclic amines) is 1. The van der Waals surface area contributed by atoms with Crippen LogP contribution in [0.15, 0.2) is 12.1 Å². The van der Waals surface area contributed by atoms with Crippen LogP contribution in [-0.2, 0) is 0 Å². The van der Waals surface area contributed by atoms with Gasteiger partial charge in [0, 0.05) is 31.8 Å². The molecule has 5 heteroatoms. The lowest BCUT2D eigenvalue weighted by Gasteiger charge is -2.28. The van der Waals surface area contributed by atoms with E-state index in [0.717, 1.165) is 19.5 Å². The minimum absolute atomic E-state index is 0.304. The Labute approximate surface area is 113 Å². The van der Waals surface area contributed by atoms with Crippen molar-refractivity contribution in [3.8, 4) is 5.75 Å². The van der Waals surface area contributed by atoms with Crippen LogP contribution < -0.4 is 15.4 Å². The van der Waals surface area contributed by atoms with Crippen LogP contribution >= 0.6 is 0 Å². The molecule has 0 saturated carbocycles. The highest BCUT2D eigenvalue weighted by atomic mass is 19.1. The zero-order chi connectivity index (χ0) is 14.0. The molecule has 0 amide bonds. The van der Waals surface area contributed by atoms with E-state index >= 15 is 0 Å². The molecule has 1 unspecified atom stereocenters. The van der Waals surface area contributed by atoms with Gasteiger partial charge in [0.15, 0.2) is 0 Å². The molecular weight excluding hydrogens is 245 g/mol. The lowest BCUT2D eigenvalue weighted by atomic mass is 10.2. The molecule has 1 saturated heterocycles. The fraction of sp³-hybridized carbons (Fsp3) is 0.571. The molecule has 19 heavy (non-hydrogen) atoms. The monoisotopic (exact) mass is 267 g/mol. The van der Waals surface area contributed by atoms with Crippen LogP contribution in [0, 0.1) is 5.82 Å². The van der Waals surface area contributed by atoms with Crippen LogP contribution in [0.2, 0.25) is 0 Å². The molecule has 2 rings (SSSR count). The van der Waals surface area contributed by atoms with E-state index in [1.54, 1.807) is 6.07 Å². The Morgan fingerprint density at radius 1 is 1.53 bits per heavy atom. The zero-order valence-electron chi connectivity index (χ0n) is 11.8. The maximum atomic E-state index is 14.0. The van der Waals surface area contributed by atoms with Gasteiger partial charge in [-0.2, -0.15) is 0 Å². The fourth-order valence-corrected chi connectivity index (χ4v) is 2.65. The molecule has 1 aliphatic heterocycles. The quantitative estimate of drug-likeness (QED) is 0.847. The smallest absolute Gasteiger partial charge is 0.148 e. The van der Waals surface area contributed by atoms with Gasteiger partial charge < -0.3 is 20.3 Å². The molecular formula is C14H22FN3O. The molecule has 4 nitrogen and oxygen atoms in total. The molecule has 106 valence electrons. The first kappa shape index (κ1) is 13.9. The van der Waals surface area contributed by atoms with E-state index in [1.165, 1.54) is 19.6 Å². The maximum absolute atomic E-state index is 14.0. The highest BCUT2D eigenvalue weighted by Gasteiger charge is 2.23. The summed E-state index contributed by atoms with van der Waals surface area (Å²) >= 11 is 0. The highest BCUT2D eigenvalue weighted by Crippen LogP contribution is 2.30. The summed E-state index contributed by atoms with van der Waals surface area (Å²) in [5.41, 5.74) is 6.56. The number of likely N-dealkylation sites (N-methyl/N-ethyl adjacent to an activating group) is 2. The van der Waals surface area contributed by atoms with Crippen LogP contribution in [-0.4, -0.2) is 45.2 Å². The minimum Gasteiger partial charge on any atom is -0.495 e. The van der Waals surface area contributed by atoms with Gasteiger partial charge in [-0.15, -0.1) is 0 Å². The predicted octanol–water partition coefficient (Wildman–Crippen LogP) is 1.95. The summed E-state index contributed by atoms with van der Waals surface area (Å²) in [6.45, 7) is 1.92. The van der Waals surface area contributed by atoms with Crippen molar-refractivity contribution in [2.75, 3.05) is 44.9 Å². The Balaban J connectivity index is 2.16. The molecule has 0 bridgehead atoms. The van der Waals surface area contributed by atoms with Crippen LogP contribution in [0.5, 0.6) is 5.75 Å². The van der Waals surface area contributed by atoms with E-state index in [4.69, 9.17) is 10.5 Å². The number of anilines is 2. The molecule has 1 fully saturated rings. The van der Waals surface area contributed by atoms with Crippen LogP contribution in [0.4, 0.5) is 15.8 Å². The van der Waals surface area contributed by atoms with Crippen molar-refractivity contribution in [2.45, 2.75) is 18.9 Å². The summed E-state index contributed by atoms with van der Waals surface area (Å²) < 4.78 is 19.2. The average molecular weight is 267 g/mol. The van der Waals surface area contributed by atoms with E-state index in [1.807, 2.05) is 11.9 Å². The number of ether oxygens (including phenoxy) is 1. The van der Waals surface area contributed by atoms with Crippen molar-refractivity contribution in [1.82, 2.24) is 4.90 Å². The Morgan fingerprint density at radius 2 is 2.26 bits per heavy atom. The van der Waals surface area contributed by atoms with E-state index < -0.39 is 0 Å². The van der Waals surface area contributed by atoms with E-state index in [2.05, 4.69) is 11.9 Å². The topological polar surface area (TPSA) is 41.7 Å². The number of hydrogen-bond acceptors (Lipinski definition) is 4. The molecule has 1 aromatic carbocycles. The Morgan fingerprint density at radius 3 is 2.84 bits per heavy atom. The van der Waals surface area contributed by atoms with E-state index in [9.17, 15) is 4.39 Å². The van der Waals surface area contributed by atoms with Gasteiger partial charge in [0.05, 0.1) is 18.5 Å². The molecule has 1 aliphatic rings. The first-order chi connectivity index (χ1) is 9.02. The summed E-state index contributed by atoms with van der Waals surface area (Å²) in [6.07, 6.45) is 2.37. The largest absolute Gasteiger partial charge is 0.495 e.